The van der Waals surface area contributed by atoms with Crippen LogP contribution in [0, 0.1) is 6.92 Å². The number of likely N-dealkylation sites (N-methyl/N-ethyl adjacent to an activating group) is 1. The summed E-state index contributed by atoms with van der Waals surface area (Å²) in [5, 5.41) is 3.26. The van der Waals surface area contributed by atoms with Crippen molar-refractivity contribution in [3.63, 3.8) is 0 Å². The van der Waals surface area contributed by atoms with Crippen molar-refractivity contribution < 1.29 is 27.5 Å². The van der Waals surface area contributed by atoms with Gasteiger partial charge in [0.2, 0.25) is 11.8 Å². The first kappa shape index (κ1) is 30.8. The summed E-state index contributed by atoms with van der Waals surface area (Å²) in [6, 6.07) is 17.0. The molecule has 0 unspecified atom stereocenters. The molecule has 3 aromatic carbocycles. The third-order valence-electron chi connectivity index (χ3n) is 6.33. The van der Waals surface area contributed by atoms with Gasteiger partial charge in [-0.15, -0.1) is 0 Å². The lowest BCUT2D eigenvalue weighted by atomic mass is 10.1. The summed E-state index contributed by atoms with van der Waals surface area (Å²) in [6.07, 6.45) is 0. The Morgan fingerprint density at radius 3 is 2.15 bits per heavy atom. The van der Waals surface area contributed by atoms with E-state index >= 15 is 0 Å². The van der Waals surface area contributed by atoms with E-state index in [1.807, 2.05) is 6.92 Å². The van der Waals surface area contributed by atoms with Crippen LogP contribution in [-0.2, 0) is 26.2 Å². The van der Waals surface area contributed by atoms with Crippen LogP contribution in [0.4, 0.5) is 5.69 Å². The number of hydrogen-bond acceptors (Lipinski definition) is 6. The first-order valence-electron chi connectivity index (χ1n) is 12.6. The molecule has 3 rings (SSSR count). The molecule has 40 heavy (non-hydrogen) atoms. The van der Waals surface area contributed by atoms with Crippen LogP contribution >= 0.6 is 11.6 Å². The van der Waals surface area contributed by atoms with E-state index in [-0.39, 0.29) is 23.0 Å². The van der Waals surface area contributed by atoms with E-state index in [9.17, 15) is 18.0 Å². The molecule has 2 amide bonds. The van der Waals surface area contributed by atoms with Gasteiger partial charge in [0.1, 0.15) is 12.6 Å². The maximum atomic E-state index is 13.9. The first-order valence-corrected chi connectivity index (χ1v) is 14.5. The van der Waals surface area contributed by atoms with Gasteiger partial charge in [-0.05, 0) is 62.7 Å². The predicted octanol–water partition coefficient (Wildman–Crippen LogP) is 4.41. The minimum absolute atomic E-state index is 0.0155. The number of carbonyl (C=O) groups excluding carboxylic acids is 2. The molecule has 0 spiro atoms. The highest BCUT2D eigenvalue weighted by Crippen LogP contribution is 2.34. The molecule has 0 bridgehead atoms. The number of carbonyl (C=O) groups is 2. The van der Waals surface area contributed by atoms with Crippen LogP contribution < -0.4 is 19.1 Å². The van der Waals surface area contributed by atoms with Gasteiger partial charge in [0.05, 0.1) is 24.8 Å². The Labute approximate surface area is 240 Å². The highest BCUT2D eigenvalue weighted by atomic mass is 35.5. The average molecular weight is 588 g/mol. The van der Waals surface area contributed by atoms with Gasteiger partial charge in [-0.3, -0.25) is 13.9 Å². The zero-order valence-corrected chi connectivity index (χ0v) is 24.8. The van der Waals surface area contributed by atoms with Crippen molar-refractivity contribution in [2.75, 3.05) is 31.6 Å². The number of benzene rings is 3. The van der Waals surface area contributed by atoms with Gasteiger partial charge >= 0.3 is 0 Å². The van der Waals surface area contributed by atoms with E-state index in [1.165, 1.54) is 43.4 Å². The summed E-state index contributed by atoms with van der Waals surface area (Å²) in [5.74, 6) is -0.229. The lowest BCUT2D eigenvalue weighted by molar-refractivity contribution is -0.139. The quantitative estimate of drug-likeness (QED) is 0.336. The van der Waals surface area contributed by atoms with E-state index in [2.05, 4.69) is 5.32 Å². The number of hydrogen-bond donors (Lipinski definition) is 1. The summed E-state index contributed by atoms with van der Waals surface area (Å²) in [5.41, 5.74) is 1.81. The number of aryl methyl sites for hydroxylation is 1. The summed E-state index contributed by atoms with van der Waals surface area (Å²) in [4.78, 5) is 28.1. The van der Waals surface area contributed by atoms with Gasteiger partial charge in [0.15, 0.2) is 11.5 Å². The maximum Gasteiger partial charge on any atom is 0.264 e. The Morgan fingerprint density at radius 1 is 0.950 bits per heavy atom. The number of ether oxygens (including phenoxy) is 2. The van der Waals surface area contributed by atoms with Gasteiger partial charge < -0.3 is 19.7 Å². The minimum atomic E-state index is -4.21. The largest absolute Gasteiger partial charge is 0.493 e. The van der Waals surface area contributed by atoms with Gasteiger partial charge in [0.25, 0.3) is 10.0 Å². The number of halogens is 1. The van der Waals surface area contributed by atoms with Crippen molar-refractivity contribution in [1.29, 1.82) is 0 Å². The average Bonchev–Trinajstić information content (AvgIpc) is 2.95. The van der Waals surface area contributed by atoms with Gasteiger partial charge in [-0.2, -0.15) is 0 Å². The van der Waals surface area contributed by atoms with Crippen molar-refractivity contribution >= 4 is 39.1 Å². The standard InChI is InChI=1S/C29H34ClN3O6S/c1-6-31-29(35)21(3)32(18-22-9-11-23(30)12-10-22)28(34)19-33(24-13-16-26(38-4)27(17-24)39-5)40(36,37)25-14-7-20(2)8-15-25/h7-17,21H,6,18-19H2,1-5H3,(H,31,35)/t21-/m0/s1. The third kappa shape index (κ3) is 7.25. The molecule has 0 aromatic heterocycles. The van der Waals surface area contributed by atoms with Crippen molar-refractivity contribution in [2.24, 2.45) is 0 Å². The molecule has 0 heterocycles. The Balaban J connectivity index is 2.08. The summed E-state index contributed by atoms with van der Waals surface area (Å²) >= 11 is 6.03. The molecule has 11 heteroatoms. The summed E-state index contributed by atoms with van der Waals surface area (Å²) in [7, 11) is -1.30. The summed E-state index contributed by atoms with van der Waals surface area (Å²) < 4.78 is 39.6. The second-order valence-corrected chi connectivity index (χ2v) is 11.4. The van der Waals surface area contributed by atoms with E-state index in [4.69, 9.17) is 21.1 Å². The van der Waals surface area contributed by atoms with Crippen molar-refractivity contribution in [3.05, 3.63) is 82.9 Å². The zero-order valence-electron chi connectivity index (χ0n) is 23.2. The number of nitrogens with zero attached hydrogens (tertiary/aromatic N) is 2. The molecular formula is C29H34ClN3O6S. The first-order chi connectivity index (χ1) is 19.0. The molecule has 9 nitrogen and oxygen atoms in total. The molecule has 1 atom stereocenters. The molecule has 0 saturated heterocycles. The predicted molar refractivity (Wildman–Crippen MR) is 155 cm³/mol. The van der Waals surface area contributed by atoms with E-state index in [1.54, 1.807) is 56.3 Å². The molecule has 0 saturated carbocycles. The maximum absolute atomic E-state index is 13.9. The van der Waals surface area contributed by atoms with Crippen LogP contribution in [0.25, 0.3) is 0 Å². The van der Waals surface area contributed by atoms with Crippen molar-refractivity contribution in [1.82, 2.24) is 10.2 Å². The van der Waals surface area contributed by atoms with E-state index in [0.29, 0.717) is 23.1 Å². The lowest BCUT2D eigenvalue weighted by Gasteiger charge is -2.32. The molecule has 214 valence electrons. The smallest absolute Gasteiger partial charge is 0.264 e. The number of anilines is 1. The Morgan fingerprint density at radius 2 is 1.57 bits per heavy atom. The normalized spacial score (nSPS) is 11.8. The molecule has 0 aliphatic heterocycles. The monoisotopic (exact) mass is 587 g/mol. The molecule has 0 aliphatic rings. The van der Waals surface area contributed by atoms with Crippen LogP contribution in [0.2, 0.25) is 5.02 Å². The van der Waals surface area contributed by atoms with Crippen LogP contribution in [0.3, 0.4) is 0 Å². The van der Waals surface area contributed by atoms with Crippen LogP contribution in [-0.4, -0.2) is 58.5 Å². The Bertz CT molecular complexity index is 1430. The molecule has 0 aliphatic carbocycles. The van der Waals surface area contributed by atoms with Crippen LogP contribution in [0.5, 0.6) is 11.5 Å². The van der Waals surface area contributed by atoms with E-state index in [0.717, 1.165) is 15.4 Å². The van der Waals surface area contributed by atoms with E-state index < -0.39 is 28.5 Å². The fourth-order valence-corrected chi connectivity index (χ4v) is 5.57. The molecule has 0 fully saturated rings. The summed E-state index contributed by atoms with van der Waals surface area (Å²) in [6.45, 7) is 5.12. The second-order valence-electron chi connectivity index (χ2n) is 9.08. The SMILES string of the molecule is CCNC(=O)[C@H](C)N(Cc1ccc(Cl)cc1)C(=O)CN(c1ccc(OC)c(OC)c1)S(=O)(=O)c1ccc(C)cc1. The zero-order chi connectivity index (χ0) is 29.4. The van der Waals surface area contributed by atoms with Gasteiger partial charge in [-0.25, -0.2) is 8.42 Å². The van der Waals surface area contributed by atoms with Crippen LogP contribution in [0.1, 0.15) is 25.0 Å². The van der Waals surface area contributed by atoms with Crippen molar-refractivity contribution in [2.45, 2.75) is 38.3 Å². The fourth-order valence-electron chi connectivity index (χ4n) is 4.04. The minimum Gasteiger partial charge on any atom is -0.493 e. The van der Waals surface area contributed by atoms with Crippen molar-refractivity contribution in [3.8, 4) is 11.5 Å². The number of rotatable bonds is 12. The molecular weight excluding hydrogens is 554 g/mol. The van der Waals surface area contributed by atoms with Crippen LogP contribution in [0.15, 0.2) is 71.6 Å². The fraction of sp³-hybridized carbons (Fsp3) is 0.310. The highest BCUT2D eigenvalue weighted by molar-refractivity contribution is 7.92. The Hall–Kier alpha value is -3.76. The number of methoxy groups -OCH3 is 2. The highest BCUT2D eigenvalue weighted by Gasteiger charge is 2.33. The number of nitrogens with one attached hydrogen (secondary N) is 1. The second kappa shape index (κ2) is 13.5. The lowest BCUT2D eigenvalue weighted by Crippen LogP contribution is -2.51. The topological polar surface area (TPSA) is 105 Å². The third-order valence-corrected chi connectivity index (χ3v) is 8.37. The number of amides is 2. The number of sulfonamides is 1. The molecule has 3 aromatic rings. The molecule has 0 radical (unpaired) electrons. The van der Waals surface area contributed by atoms with Gasteiger partial charge in [0, 0.05) is 24.2 Å². The van der Waals surface area contributed by atoms with Gasteiger partial charge in [-0.1, -0.05) is 41.4 Å². The molecule has 1 N–H and O–H groups in total. The Kier molecular flexibility index (Phi) is 10.4.